The summed E-state index contributed by atoms with van der Waals surface area (Å²) in [5.41, 5.74) is 5.34. The number of hydrazone groups is 1. The number of phenols is 1. The standard InChI is InChI=1S/C22H29N3O2/c1-21(2,3)16-12-15(19(26)18(13-16)22(4,5)6)14-23-25-20(27)24-17-10-8-7-9-11-17/h7-14,26H,1-6H3,(H2,24,25,27)/b23-14-. The molecule has 0 unspecified atom stereocenters. The number of phenolic OH excluding ortho intramolecular Hbond substituents is 1. The van der Waals surface area contributed by atoms with Crippen LogP contribution in [0.25, 0.3) is 0 Å². The number of amides is 2. The maximum absolute atomic E-state index is 11.9. The first-order chi connectivity index (χ1) is 12.5. The monoisotopic (exact) mass is 367 g/mol. The summed E-state index contributed by atoms with van der Waals surface area (Å²) in [6, 6.07) is 12.6. The van der Waals surface area contributed by atoms with Gasteiger partial charge in [0.15, 0.2) is 0 Å². The molecule has 0 aliphatic rings. The summed E-state index contributed by atoms with van der Waals surface area (Å²) in [5, 5.41) is 17.4. The fourth-order valence-electron chi connectivity index (χ4n) is 2.60. The third-order valence-corrected chi connectivity index (χ3v) is 4.21. The minimum absolute atomic E-state index is 0.0750. The first-order valence-electron chi connectivity index (χ1n) is 9.01. The van der Waals surface area contributed by atoms with E-state index in [0.29, 0.717) is 11.3 Å². The third-order valence-electron chi connectivity index (χ3n) is 4.21. The number of anilines is 1. The number of hydrogen-bond donors (Lipinski definition) is 3. The molecule has 2 rings (SSSR count). The van der Waals surface area contributed by atoms with Gasteiger partial charge in [0.2, 0.25) is 0 Å². The van der Waals surface area contributed by atoms with Crippen LogP contribution in [0.1, 0.15) is 58.2 Å². The minimum Gasteiger partial charge on any atom is -0.507 e. The van der Waals surface area contributed by atoms with Crippen molar-refractivity contribution in [2.24, 2.45) is 5.10 Å². The summed E-state index contributed by atoms with van der Waals surface area (Å²) in [7, 11) is 0. The van der Waals surface area contributed by atoms with E-state index in [1.54, 1.807) is 12.1 Å². The van der Waals surface area contributed by atoms with Gasteiger partial charge in [0.25, 0.3) is 0 Å². The van der Waals surface area contributed by atoms with Crippen LogP contribution in [0, 0.1) is 0 Å². The molecular formula is C22H29N3O2. The Morgan fingerprint density at radius 3 is 2.19 bits per heavy atom. The van der Waals surface area contributed by atoms with E-state index in [2.05, 4.69) is 57.4 Å². The number of urea groups is 1. The molecule has 5 nitrogen and oxygen atoms in total. The molecule has 0 saturated heterocycles. The molecule has 144 valence electrons. The summed E-state index contributed by atoms with van der Waals surface area (Å²) in [5.74, 6) is 0.185. The van der Waals surface area contributed by atoms with Crippen molar-refractivity contribution in [3.63, 3.8) is 0 Å². The van der Waals surface area contributed by atoms with Crippen molar-refractivity contribution in [2.75, 3.05) is 5.32 Å². The largest absolute Gasteiger partial charge is 0.507 e. The molecule has 27 heavy (non-hydrogen) atoms. The molecule has 0 aliphatic heterocycles. The van der Waals surface area contributed by atoms with Crippen molar-refractivity contribution in [3.05, 3.63) is 59.2 Å². The number of para-hydroxylation sites is 1. The average Bonchev–Trinajstić information content (AvgIpc) is 2.55. The fraction of sp³-hybridized carbons (Fsp3) is 0.364. The van der Waals surface area contributed by atoms with Gasteiger partial charge in [-0.25, -0.2) is 10.2 Å². The highest BCUT2D eigenvalue weighted by Crippen LogP contribution is 2.37. The lowest BCUT2D eigenvalue weighted by molar-refractivity contribution is 0.252. The summed E-state index contributed by atoms with van der Waals surface area (Å²) < 4.78 is 0. The van der Waals surface area contributed by atoms with E-state index in [1.165, 1.54) is 6.21 Å². The highest BCUT2D eigenvalue weighted by atomic mass is 16.3. The summed E-state index contributed by atoms with van der Waals surface area (Å²) in [6.07, 6.45) is 1.48. The molecule has 0 radical (unpaired) electrons. The first-order valence-corrected chi connectivity index (χ1v) is 9.01. The normalized spacial score (nSPS) is 12.2. The Hall–Kier alpha value is -2.82. The lowest BCUT2D eigenvalue weighted by Gasteiger charge is -2.26. The second-order valence-corrected chi connectivity index (χ2v) is 8.65. The van der Waals surface area contributed by atoms with Crippen LogP contribution >= 0.6 is 0 Å². The molecule has 0 bridgehead atoms. The van der Waals surface area contributed by atoms with E-state index in [0.717, 1.165) is 11.1 Å². The highest BCUT2D eigenvalue weighted by Gasteiger charge is 2.24. The number of carbonyl (C=O) groups excluding carboxylic acids is 1. The Labute approximate surface area is 161 Å². The van der Waals surface area contributed by atoms with E-state index in [9.17, 15) is 9.90 Å². The molecule has 3 N–H and O–H groups in total. The van der Waals surface area contributed by atoms with E-state index >= 15 is 0 Å². The summed E-state index contributed by atoms with van der Waals surface area (Å²) in [6.45, 7) is 12.5. The zero-order chi connectivity index (χ0) is 20.2. The number of benzene rings is 2. The Bertz CT molecular complexity index is 829. The second kappa shape index (κ2) is 7.82. The van der Waals surface area contributed by atoms with Crippen molar-refractivity contribution in [2.45, 2.75) is 52.4 Å². The summed E-state index contributed by atoms with van der Waals surface area (Å²) in [4.78, 5) is 11.9. The van der Waals surface area contributed by atoms with Gasteiger partial charge >= 0.3 is 6.03 Å². The lowest BCUT2D eigenvalue weighted by Crippen LogP contribution is -2.24. The van der Waals surface area contributed by atoms with Gasteiger partial charge in [0.05, 0.1) is 6.21 Å². The topological polar surface area (TPSA) is 73.7 Å². The molecule has 0 spiro atoms. The van der Waals surface area contributed by atoms with Gasteiger partial charge in [0.1, 0.15) is 5.75 Å². The molecule has 0 heterocycles. The van der Waals surface area contributed by atoms with Crippen LogP contribution in [0.5, 0.6) is 5.75 Å². The van der Waals surface area contributed by atoms with Crippen molar-refractivity contribution < 1.29 is 9.90 Å². The quantitative estimate of drug-likeness (QED) is 0.519. The minimum atomic E-state index is -0.444. The van der Waals surface area contributed by atoms with E-state index < -0.39 is 6.03 Å². The van der Waals surface area contributed by atoms with Crippen LogP contribution in [0.15, 0.2) is 47.6 Å². The molecule has 0 atom stereocenters. The maximum Gasteiger partial charge on any atom is 0.339 e. The van der Waals surface area contributed by atoms with E-state index in [-0.39, 0.29) is 16.6 Å². The van der Waals surface area contributed by atoms with Gasteiger partial charge in [-0.15, -0.1) is 0 Å². The predicted octanol–water partition coefficient (Wildman–Crippen LogP) is 5.14. The summed E-state index contributed by atoms with van der Waals surface area (Å²) >= 11 is 0. The van der Waals surface area contributed by atoms with Crippen molar-refractivity contribution in [1.29, 1.82) is 0 Å². The second-order valence-electron chi connectivity index (χ2n) is 8.65. The zero-order valence-corrected chi connectivity index (χ0v) is 16.9. The number of nitrogens with one attached hydrogen (secondary N) is 2. The van der Waals surface area contributed by atoms with Crippen LogP contribution in [0.2, 0.25) is 0 Å². The zero-order valence-electron chi connectivity index (χ0n) is 16.9. The maximum atomic E-state index is 11.9. The molecule has 2 aromatic carbocycles. The van der Waals surface area contributed by atoms with Crippen LogP contribution in [0.4, 0.5) is 10.5 Å². The SMILES string of the molecule is CC(C)(C)c1cc(/C=N\NC(=O)Nc2ccccc2)c(O)c(C(C)(C)C)c1. The third kappa shape index (κ3) is 5.58. The predicted molar refractivity (Wildman–Crippen MR) is 112 cm³/mol. The molecule has 0 aromatic heterocycles. The Morgan fingerprint density at radius 1 is 1.00 bits per heavy atom. The number of rotatable bonds is 3. The van der Waals surface area contributed by atoms with E-state index in [1.807, 2.05) is 30.3 Å². The van der Waals surface area contributed by atoms with Gasteiger partial charge < -0.3 is 10.4 Å². The Kier molecular flexibility index (Phi) is 5.94. The lowest BCUT2D eigenvalue weighted by atomic mass is 9.79. The van der Waals surface area contributed by atoms with Gasteiger partial charge in [-0.3, -0.25) is 0 Å². The van der Waals surface area contributed by atoms with Crippen molar-refractivity contribution in [1.82, 2.24) is 5.43 Å². The average molecular weight is 367 g/mol. The van der Waals surface area contributed by atoms with Gasteiger partial charge in [-0.2, -0.15) is 5.10 Å². The molecule has 0 aliphatic carbocycles. The Morgan fingerprint density at radius 2 is 1.63 bits per heavy atom. The number of aromatic hydroxyl groups is 1. The van der Waals surface area contributed by atoms with Crippen LogP contribution in [-0.2, 0) is 10.8 Å². The van der Waals surface area contributed by atoms with Gasteiger partial charge in [-0.05, 0) is 34.6 Å². The molecule has 0 fully saturated rings. The molecule has 2 aromatic rings. The molecule has 0 saturated carbocycles. The Balaban J connectivity index is 2.24. The number of nitrogens with zero attached hydrogens (tertiary/aromatic N) is 1. The van der Waals surface area contributed by atoms with Crippen LogP contribution in [0.3, 0.4) is 0 Å². The van der Waals surface area contributed by atoms with E-state index in [4.69, 9.17) is 0 Å². The number of carbonyl (C=O) groups is 1. The van der Waals surface area contributed by atoms with Crippen molar-refractivity contribution >= 4 is 17.9 Å². The first kappa shape index (κ1) is 20.5. The molecular weight excluding hydrogens is 338 g/mol. The number of hydrogen-bond acceptors (Lipinski definition) is 3. The smallest absolute Gasteiger partial charge is 0.339 e. The van der Waals surface area contributed by atoms with Gasteiger partial charge in [0, 0.05) is 16.8 Å². The molecule has 5 heteroatoms. The van der Waals surface area contributed by atoms with Crippen LogP contribution < -0.4 is 10.7 Å². The fourth-order valence-corrected chi connectivity index (χ4v) is 2.60. The van der Waals surface area contributed by atoms with Crippen molar-refractivity contribution in [3.8, 4) is 5.75 Å². The van der Waals surface area contributed by atoms with Crippen LogP contribution in [-0.4, -0.2) is 17.4 Å². The molecule has 2 amide bonds. The van der Waals surface area contributed by atoms with Gasteiger partial charge in [-0.1, -0.05) is 65.8 Å². The highest BCUT2D eigenvalue weighted by molar-refractivity contribution is 5.91.